The molecule has 0 radical (unpaired) electrons. The summed E-state index contributed by atoms with van der Waals surface area (Å²) in [5.74, 6) is 1.92. The van der Waals surface area contributed by atoms with Crippen LogP contribution in [0.1, 0.15) is 72.1 Å². The maximum Gasteiger partial charge on any atom is 0.00967 e. The Morgan fingerprint density at radius 3 is 2.05 bits per heavy atom. The third kappa shape index (κ3) is 3.82. The second-order valence-corrected chi connectivity index (χ2v) is 8.95. The number of nitrogens with zero attached hydrogens (tertiary/aromatic N) is 1. The molecule has 122 valence electrons. The van der Waals surface area contributed by atoms with Gasteiger partial charge in [0, 0.05) is 12.1 Å². The zero-order valence-corrected chi connectivity index (χ0v) is 14.5. The number of hydrogen-bond acceptors (Lipinski definition) is 2. The fourth-order valence-electron chi connectivity index (χ4n) is 5.11. The van der Waals surface area contributed by atoms with Crippen molar-refractivity contribution in [1.82, 2.24) is 10.2 Å². The van der Waals surface area contributed by atoms with E-state index in [4.69, 9.17) is 0 Å². The molecule has 3 rings (SSSR count). The third-order valence-corrected chi connectivity index (χ3v) is 6.68. The van der Waals surface area contributed by atoms with Crippen LogP contribution in [0.15, 0.2) is 0 Å². The summed E-state index contributed by atoms with van der Waals surface area (Å²) in [6.45, 7) is 11.3. The highest BCUT2D eigenvalue weighted by Crippen LogP contribution is 2.39. The monoisotopic (exact) mass is 292 g/mol. The van der Waals surface area contributed by atoms with Crippen LogP contribution in [-0.2, 0) is 0 Å². The van der Waals surface area contributed by atoms with Crippen LogP contribution in [0, 0.1) is 17.3 Å². The average molecular weight is 293 g/mol. The number of piperidine rings is 1. The summed E-state index contributed by atoms with van der Waals surface area (Å²) in [5, 5.41) is 3.72. The van der Waals surface area contributed by atoms with Crippen LogP contribution in [0.4, 0.5) is 0 Å². The highest BCUT2D eigenvalue weighted by molar-refractivity contribution is 4.89. The Labute approximate surface area is 132 Å². The van der Waals surface area contributed by atoms with E-state index < -0.39 is 0 Å². The van der Waals surface area contributed by atoms with Crippen LogP contribution in [0.2, 0.25) is 0 Å². The van der Waals surface area contributed by atoms with E-state index >= 15 is 0 Å². The van der Waals surface area contributed by atoms with Gasteiger partial charge >= 0.3 is 0 Å². The first kappa shape index (κ1) is 15.8. The zero-order chi connectivity index (χ0) is 14.9. The summed E-state index contributed by atoms with van der Waals surface area (Å²) in [5.41, 5.74) is 0.520. The van der Waals surface area contributed by atoms with Gasteiger partial charge in [-0.1, -0.05) is 20.8 Å². The fraction of sp³-hybridized carbons (Fsp3) is 1.00. The van der Waals surface area contributed by atoms with Crippen LogP contribution >= 0.6 is 0 Å². The van der Waals surface area contributed by atoms with Crippen molar-refractivity contribution in [1.29, 1.82) is 0 Å². The molecule has 0 aromatic carbocycles. The third-order valence-electron chi connectivity index (χ3n) is 6.68. The van der Waals surface area contributed by atoms with E-state index in [1.165, 1.54) is 71.0 Å². The quantitative estimate of drug-likeness (QED) is 0.826. The van der Waals surface area contributed by atoms with E-state index in [0.717, 1.165) is 23.9 Å². The largest absolute Gasteiger partial charge is 0.314 e. The van der Waals surface area contributed by atoms with Crippen molar-refractivity contribution in [2.45, 2.75) is 84.2 Å². The van der Waals surface area contributed by atoms with Gasteiger partial charge in [-0.05, 0) is 88.3 Å². The molecule has 0 spiro atoms. The maximum absolute atomic E-state index is 3.72. The Morgan fingerprint density at radius 1 is 0.857 bits per heavy atom. The summed E-state index contributed by atoms with van der Waals surface area (Å²) >= 11 is 0. The van der Waals surface area contributed by atoms with Gasteiger partial charge in [0.2, 0.25) is 0 Å². The van der Waals surface area contributed by atoms with Gasteiger partial charge in [0.25, 0.3) is 0 Å². The minimum absolute atomic E-state index is 0.520. The van der Waals surface area contributed by atoms with Crippen LogP contribution in [0.25, 0.3) is 0 Å². The van der Waals surface area contributed by atoms with Crippen molar-refractivity contribution in [2.75, 3.05) is 19.6 Å². The SMILES string of the molecule is CC(C)(C)C1CCC(N2CCC(C3CCCN3)CC2)CC1. The molecule has 1 atom stereocenters. The Balaban J connectivity index is 1.43. The molecular weight excluding hydrogens is 256 g/mol. The normalized spacial score (nSPS) is 37.0. The van der Waals surface area contributed by atoms with Crippen molar-refractivity contribution in [3.63, 3.8) is 0 Å². The van der Waals surface area contributed by atoms with Gasteiger partial charge in [0.1, 0.15) is 0 Å². The van der Waals surface area contributed by atoms with Gasteiger partial charge in [-0.25, -0.2) is 0 Å². The van der Waals surface area contributed by atoms with Crippen LogP contribution in [-0.4, -0.2) is 36.6 Å². The molecule has 0 bridgehead atoms. The first-order valence-electron chi connectivity index (χ1n) is 9.51. The molecule has 1 unspecified atom stereocenters. The smallest absolute Gasteiger partial charge is 0.00967 e. The lowest BCUT2D eigenvalue weighted by Gasteiger charge is -2.44. The average Bonchev–Trinajstić information content (AvgIpc) is 3.01. The van der Waals surface area contributed by atoms with Gasteiger partial charge in [0.15, 0.2) is 0 Å². The molecule has 21 heavy (non-hydrogen) atoms. The first-order chi connectivity index (χ1) is 10.0. The van der Waals surface area contributed by atoms with Crippen molar-refractivity contribution in [2.24, 2.45) is 17.3 Å². The second-order valence-electron chi connectivity index (χ2n) is 8.95. The predicted octanol–water partition coefficient (Wildman–Crippen LogP) is 4.06. The van der Waals surface area contributed by atoms with E-state index in [9.17, 15) is 0 Å². The Kier molecular flexibility index (Phi) is 4.95. The van der Waals surface area contributed by atoms with E-state index in [1.807, 2.05) is 0 Å². The number of nitrogens with one attached hydrogen (secondary N) is 1. The summed E-state index contributed by atoms with van der Waals surface area (Å²) < 4.78 is 0. The van der Waals surface area contributed by atoms with E-state index in [1.54, 1.807) is 0 Å². The standard InChI is InChI=1S/C19H36N2/c1-19(2,3)16-6-8-17(9-7-16)21-13-10-15(11-14-21)18-5-4-12-20-18/h15-18,20H,4-14H2,1-3H3. The summed E-state index contributed by atoms with van der Waals surface area (Å²) in [4.78, 5) is 2.84. The van der Waals surface area contributed by atoms with Gasteiger partial charge < -0.3 is 10.2 Å². The highest BCUT2D eigenvalue weighted by atomic mass is 15.2. The molecule has 1 N–H and O–H groups in total. The van der Waals surface area contributed by atoms with Crippen molar-refractivity contribution < 1.29 is 0 Å². The summed E-state index contributed by atoms with van der Waals surface area (Å²) in [6, 6.07) is 1.75. The summed E-state index contributed by atoms with van der Waals surface area (Å²) in [6.07, 6.45) is 11.5. The molecule has 3 fully saturated rings. The van der Waals surface area contributed by atoms with Crippen molar-refractivity contribution in [3.8, 4) is 0 Å². The molecule has 3 aliphatic rings. The van der Waals surface area contributed by atoms with Gasteiger partial charge in [0.05, 0.1) is 0 Å². The topological polar surface area (TPSA) is 15.3 Å². The molecule has 1 saturated carbocycles. The van der Waals surface area contributed by atoms with E-state index in [0.29, 0.717) is 5.41 Å². The molecule has 1 aliphatic carbocycles. The number of likely N-dealkylation sites (tertiary alicyclic amines) is 1. The van der Waals surface area contributed by atoms with Gasteiger partial charge in [-0.15, -0.1) is 0 Å². The molecule has 2 nitrogen and oxygen atoms in total. The number of rotatable bonds is 2. The minimum Gasteiger partial charge on any atom is -0.314 e. The molecule has 2 saturated heterocycles. The first-order valence-corrected chi connectivity index (χ1v) is 9.51. The lowest BCUT2D eigenvalue weighted by atomic mass is 9.71. The molecule has 0 aromatic heterocycles. The summed E-state index contributed by atoms with van der Waals surface area (Å²) in [7, 11) is 0. The molecule has 2 heteroatoms. The van der Waals surface area contributed by atoms with Gasteiger partial charge in [-0.3, -0.25) is 0 Å². The number of hydrogen-bond donors (Lipinski definition) is 1. The highest BCUT2D eigenvalue weighted by Gasteiger charge is 2.34. The van der Waals surface area contributed by atoms with Crippen LogP contribution in [0.3, 0.4) is 0 Å². The van der Waals surface area contributed by atoms with Crippen LogP contribution in [0.5, 0.6) is 0 Å². The fourth-order valence-corrected chi connectivity index (χ4v) is 5.11. The lowest BCUT2D eigenvalue weighted by Crippen LogP contribution is -2.46. The molecule has 0 amide bonds. The van der Waals surface area contributed by atoms with E-state index in [-0.39, 0.29) is 0 Å². The molecule has 2 heterocycles. The lowest BCUT2D eigenvalue weighted by molar-refractivity contribution is 0.0651. The van der Waals surface area contributed by atoms with E-state index in [2.05, 4.69) is 31.0 Å². The molecular formula is C19H36N2. The zero-order valence-electron chi connectivity index (χ0n) is 14.5. The molecule has 2 aliphatic heterocycles. The Hall–Kier alpha value is -0.0800. The Bertz CT molecular complexity index is 311. The van der Waals surface area contributed by atoms with Crippen LogP contribution < -0.4 is 5.32 Å². The van der Waals surface area contributed by atoms with Crippen molar-refractivity contribution >= 4 is 0 Å². The molecule has 0 aromatic rings. The second kappa shape index (κ2) is 6.58. The van der Waals surface area contributed by atoms with Gasteiger partial charge in [-0.2, -0.15) is 0 Å². The van der Waals surface area contributed by atoms with Crippen molar-refractivity contribution in [3.05, 3.63) is 0 Å². The minimum atomic E-state index is 0.520. The predicted molar refractivity (Wildman–Crippen MR) is 90.5 cm³/mol. The maximum atomic E-state index is 3.72. The Morgan fingerprint density at radius 2 is 1.52 bits per heavy atom.